The smallest absolute Gasteiger partial charge is 0.258 e. The lowest BCUT2D eigenvalue weighted by molar-refractivity contribution is -0.384. The third-order valence-corrected chi connectivity index (χ3v) is 3.35. The van der Waals surface area contributed by atoms with Crippen molar-refractivity contribution < 1.29 is 4.92 Å². The van der Waals surface area contributed by atoms with Crippen LogP contribution in [0.5, 0.6) is 0 Å². The van der Waals surface area contributed by atoms with Gasteiger partial charge in [0.15, 0.2) is 5.65 Å². The first-order chi connectivity index (χ1) is 10.1. The highest BCUT2D eigenvalue weighted by atomic mass is 35.5. The highest BCUT2D eigenvalue weighted by Gasteiger charge is 2.14. The molecule has 0 saturated carbocycles. The Morgan fingerprint density at radius 3 is 2.81 bits per heavy atom. The van der Waals surface area contributed by atoms with Gasteiger partial charge in [-0.1, -0.05) is 23.7 Å². The third kappa shape index (κ3) is 2.38. The Kier molecular flexibility index (Phi) is 3.19. The number of fused-ring (bicyclic) bond motifs is 1. The van der Waals surface area contributed by atoms with Gasteiger partial charge in [0.1, 0.15) is 5.02 Å². The molecule has 3 rings (SSSR count). The quantitative estimate of drug-likeness (QED) is 0.548. The minimum Gasteiger partial charge on any atom is -0.258 e. The van der Waals surface area contributed by atoms with Crippen molar-refractivity contribution in [3.05, 3.63) is 73.8 Å². The van der Waals surface area contributed by atoms with E-state index >= 15 is 0 Å². The monoisotopic (exact) mass is 304 g/mol. The molecule has 0 saturated heterocycles. The topological polar surface area (TPSA) is 82.4 Å². The minimum atomic E-state index is -0.557. The summed E-state index contributed by atoms with van der Waals surface area (Å²) in [5.41, 5.74) is 0.608. The van der Waals surface area contributed by atoms with E-state index in [4.69, 9.17) is 11.6 Å². The molecular formula is C13H9ClN4O3. The summed E-state index contributed by atoms with van der Waals surface area (Å²) in [4.78, 5) is 22.4. The summed E-state index contributed by atoms with van der Waals surface area (Å²) in [6.45, 7) is 0.137. The molecule has 0 amide bonds. The molecule has 0 unspecified atom stereocenters. The number of halogens is 1. The van der Waals surface area contributed by atoms with E-state index in [1.54, 1.807) is 30.5 Å². The predicted molar refractivity (Wildman–Crippen MR) is 76.7 cm³/mol. The maximum Gasteiger partial charge on any atom is 0.350 e. The van der Waals surface area contributed by atoms with Crippen LogP contribution >= 0.6 is 11.6 Å². The second-order valence-corrected chi connectivity index (χ2v) is 4.82. The molecule has 2 aromatic heterocycles. The lowest BCUT2D eigenvalue weighted by atomic mass is 10.2. The molecule has 3 aromatic rings. The van der Waals surface area contributed by atoms with Gasteiger partial charge in [0.05, 0.1) is 11.5 Å². The zero-order valence-corrected chi connectivity index (χ0v) is 11.4. The molecule has 106 valence electrons. The van der Waals surface area contributed by atoms with Crippen LogP contribution in [0.3, 0.4) is 0 Å². The van der Waals surface area contributed by atoms with Gasteiger partial charge in [0.25, 0.3) is 5.69 Å². The van der Waals surface area contributed by atoms with Crippen LogP contribution in [0, 0.1) is 10.1 Å². The number of aromatic nitrogens is 3. The Labute approximate surface area is 123 Å². The lowest BCUT2D eigenvalue weighted by Crippen LogP contribution is -2.21. The van der Waals surface area contributed by atoms with Gasteiger partial charge in [-0.2, -0.15) is 0 Å². The van der Waals surface area contributed by atoms with Gasteiger partial charge in [-0.15, -0.1) is 5.10 Å². The van der Waals surface area contributed by atoms with Crippen molar-refractivity contribution in [1.82, 2.24) is 14.2 Å². The van der Waals surface area contributed by atoms with Crippen LogP contribution in [0.4, 0.5) is 5.69 Å². The first-order valence-electron chi connectivity index (χ1n) is 6.03. The first kappa shape index (κ1) is 13.3. The molecule has 1 aromatic carbocycles. The summed E-state index contributed by atoms with van der Waals surface area (Å²) in [5.74, 6) is 0. The van der Waals surface area contributed by atoms with E-state index in [2.05, 4.69) is 5.10 Å². The Bertz CT molecular complexity index is 900. The largest absolute Gasteiger partial charge is 0.350 e. The fraction of sp³-hybridized carbons (Fsp3) is 0.0769. The fourth-order valence-corrected chi connectivity index (χ4v) is 2.23. The first-order valence-corrected chi connectivity index (χ1v) is 6.41. The number of pyridine rings is 1. The van der Waals surface area contributed by atoms with Crippen molar-refractivity contribution >= 4 is 22.9 Å². The normalized spacial score (nSPS) is 10.9. The lowest BCUT2D eigenvalue weighted by Gasteiger charge is -2.01. The Morgan fingerprint density at radius 1 is 1.29 bits per heavy atom. The van der Waals surface area contributed by atoms with Gasteiger partial charge < -0.3 is 0 Å². The molecule has 2 heterocycles. The third-order valence-electron chi connectivity index (χ3n) is 3.03. The molecule has 7 nitrogen and oxygen atoms in total. The van der Waals surface area contributed by atoms with E-state index in [0.29, 0.717) is 11.2 Å². The number of benzene rings is 1. The van der Waals surface area contributed by atoms with Crippen LogP contribution in [0.25, 0.3) is 5.65 Å². The summed E-state index contributed by atoms with van der Waals surface area (Å²) in [7, 11) is 0. The standard InChI is InChI=1S/C13H9ClN4O3/c14-10-5-4-9(7-11(10)18(20)21)8-17-13(19)16-6-2-1-3-12(16)15-17/h1-7H,8H2. The van der Waals surface area contributed by atoms with Crippen LogP contribution in [0.2, 0.25) is 5.02 Å². The van der Waals surface area contributed by atoms with Gasteiger partial charge >= 0.3 is 5.69 Å². The number of hydrogen-bond donors (Lipinski definition) is 0. The van der Waals surface area contributed by atoms with Crippen LogP contribution in [-0.4, -0.2) is 19.1 Å². The molecular weight excluding hydrogens is 296 g/mol. The van der Waals surface area contributed by atoms with Crippen molar-refractivity contribution in [3.63, 3.8) is 0 Å². The summed E-state index contributed by atoms with van der Waals surface area (Å²) < 4.78 is 2.66. The van der Waals surface area contributed by atoms with Gasteiger partial charge in [-0.3, -0.25) is 14.5 Å². The van der Waals surface area contributed by atoms with E-state index in [0.717, 1.165) is 0 Å². The fourth-order valence-electron chi connectivity index (χ4n) is 2.04. The molecule has 0 fully saturated rings. The van der Waals surface area contributed by atoms with Crippen molar-refractivity contribution in [1.29, 1.82) is 0 Å². The van der Waals surface area contributed by atoms with E-state index in [1.807, 2.05) is 0 Å². The van der Waals surface area contributed by atoms with Crippen LogP contribution in [0.1, 0.15) is 5.56 Å². The summed E-state index contributed by atoms with van der Waals surface area (Å²) in [6.07, 6.45) is 1.62. The molecule has 0 spiro atoms. The van der Waals surface area contributed by atoms with Crippen LogP contribution in [-0.2, 0) is 6.54 Å². The van der Waals surface area contributed by atoms with Crippen LogP contribution in [0.15, 0.2) is 47.4 Å². The molecule has 0 bridgehead atoms. The Balaban J connectivity index is 2.03. The molecule has 0 aliphatic heterocycles. The average Bonchev–Trinajstić information content (AvgIpc) is 2.78. The zero-order valence-electron chi connectivity index (χ0n) is 10.6. The van der Waals surface area contributed by atoms with Crippen molar-refractivity contribution in [3.8, 4) is 0 Å². The molecule has 0 aliphatic rings. The Morgan fingerprint density at radius 2 is 2.10 bits per heavy atom. The maximum absolute atomic E-state index is 12.1. The predicted octanol–water partition coefficient (Wildman–Crippen LogP) is 2.11. The second kappa shape index (κ2) is 5.02. The molecule has 0 atom stereocenters. The minimum absolute atomic E-state index is 0.0612. The van der Waals surface area contributed by atoms with E-state index in [-0.39, 0.29) is 22.9 Å². The highest BCUT2D eigenvalue weighted by Crippen LogP contribution is 2.25. The van der Waals surface area contributed by atoms with Crippen molar-refractivity contribution in [2.75, 3.05) is 0 Å². The van der Waals surface area contributed by atoms with Crippen molar-refractivity contribution in [2.45, 2.75) is 6.54 Å². The average molecular weight is 305 g/mol. The van der Waals surface area contributed by atoms with E-state index < -0.39 is 4.92 Å². The number of rotatable bonds is 3. The SMILES string of the molecule is O=c1n(Cc2ccc(Cl)c([N+](=O)[O-])c2)nc2ccccn12. The summed E-state index contributed by atoms with van der Waals surface area (Å²) in [5, 5.41) is 15.1. The van der Waals surface area contributed by atoms with Gasteiger partial charge in [0.2, 0.25) is 0 Å². The summed E-state index contributed by atoms with van der Waals surface area (Å²) in [6, 6.07) is 9.63. The van der Waals surface area contributed by atoms with Crippen molar-refractivity contribution in [2.24, 2.45) is 0 Å². The number of nitrogens with zero attached hydrogens (tertiary/aromatic N) is 4. The maximum atomic E-state index is 12.1. The second-order valence-electron chi connectivity index (χ2n) is 4.41. The molecule has 0 aliphatic carbocycles. The van der Waals surface area contributed by atoms with Gasteiger partial charge in [-0.05, 0) is 23.8 Å². The van der Waals surface area contributed by atoms with Crippen LogP contribution < -0.4 is 5.69 Å². The Hall–Kier alpha value is -2.67. The molecule has 0 radical (unpaired) electrons. The molecule has 0 N–H and O–H groups in total. The van der Waals surface area contributed by atoms with E-state index in [9.17, 15) is 14.9 Å². The number of hydrogen-bond acceptors (Lipinski definition) is 4. The summed E-state index contributed by atoms with van der Waals surface area (Å²) >= 11 is 5.76. The van der Waals surface area contributed by atoms with Gasteiger partial charge in [0, 0.05) is 12.3 Å². The van der Waals surface area contributed by atoms with E-state index in [1.165, 1.54) is 21.2 Å². The zero-order chi connectivity index (χ0) is 15.0. The number of nitro groups is 1. The molecule has 8 heteroatoms. The molecule has 21 heavy (non-hydrogen) atoms. The number of nitro benzene ring substituents is 1. The highest BCUT2D eigenvalue weighted by molar-refractivity contribution is 6.32. The van der Waals surface area contributed by atoms with Gasteiger partial charge in [-0.25, -0.2) is 9.48 Å².